The number of nitrogens with one attached hydrogen (secondary N) is 1. The van der Waals surface area contributed by atoms with E-state index in [1.54, 1.807) is 4.90 Å². The van der Waals surface area contributed by atoms with Crippen molar-refractivity contribution in [2.45, 2.75) is 53.5 Å². The lowest BCUT2D eigenvalue weighted by Crippen LogP contribution is -2.45. The third kappa shape index (κ3) is 4.54. The highest BCUT2D eigenvalue weighted by Crippen LogP contribution is 2.24. The van der Waals surface area contributed by atoms with E-state index in [9.17, 15) is 14.0 Å². The molecule has 1 fully saturated rings. The smallest absolute Gasteiger partial charge is 0.256 e. The van der Waals surface area contributed by atoms with Crippen molar-refractivity contribution in [1.29, 1.82) is 0 Å². The van der Waals surface area contributed by atoms with Crippen LogP contribution in [0.2, 0.25) is 0 Å². The van der Waals surface area contributed by atoms with E-state index in [0.717, 1.165) is 0 Å². The van der Waals surface area contributed by atoms with Gasteiger partial charge in [0.1, 0.15) is 11.3 Å². The Morgan fingerprint density at radius 3 is 2.34 bits per heavy atom. The predicted octanol–water partition coefficient (Wildman–Crippen LogP) is 3.40. The van der Waals surface area contributed by atoms with E-state index >= 15 is 0 Å². The summed E-state index contributed by atoms with van der Waals surface area (Å²) in [6.07, 6.45) is 1.19. The molecular weight excluding hydrogens is 371 g/mol. The second-order valence-corrected chi connectivity index (χ2v) is 8.32. The van der Waals surface area contributed by atoms with E-state index in [0.29, 0.717) is 54.3 Å². The van der Waals surface area contributed by atoms with Crippen LogP contribution in [0.5, 0.6) is 0 Å². The average Bonchev–Trinajstić information content (AvgIpc) is 2.68. The molecular formula is C22H29FN4O2. The number of carbonyl (C=O) groups is 2. The fourth-order valence-corrected chi connectivity index (χ4v) is 3.48. The van der Waals surface area contributed by atoms with E-state index in [1.807, 2.05) is 20.8 Å². The van der Waals surface area contributed by atoms with Crippen LogP contribution in [-0.2, 0) is 4.79 Å². The highest BCUT2D eigenvalue weighted by Gasteiger charge is 2.30. The van der Waals surface area contributed by atoms with Gasteiger partial charge in [-0.2, -0.15) is 0 Å². The summed E-state index contributed by atoms with van der Waals surface area (Å²) < 4.78 is 14.1. The molecule has 0 spiro atoms. The molecule has 1 atom stereocenters. The Labute approximate surface area is 170 Å². The lowest BCUT2D eigenvalue weighted by atomic mass is 9.94. The van der Waals surface area contributed by atoms with Gasteiger partial charge in [0.25, 0.3) is 5.91 Å². The number of likely N-dealkylation sites (tertiary alicyclic amines) is 1. The number of aromatic nitrogens is 2. The van der Waals surface area contributed by atoms with Gasteiger partial charge in [-0.05, 0) is 45.6 Å². The number of fused-ring (bicyclic) bond motifs is 1. The molecule has 3 rings (SSSR count). The standard InChI is InChI=1S/C22H29FN4O2/c1-12(2)13(3)26-21(28)16-6-8-27(9-7-16)22(29)18-10-17(23)11-19-20(18)25-15(5)14(4)24-19/h10-13,16H,6-9H2,1-5H3,(H,26,28). The molecule has 0 radical (unpaired) electrons. The summed E-state index contributed by atoms with van der Waals surface area (Å²) in [6, 6.07) is 2.65. The van der Waals surface area contributed by atoms with Crippen molar-refractivity contribution in [3.8, 4) is 0 Å². The maximum Gasteiger partial charge on any atom is 0.256 e. The van der Waals surface area contributed by atoms with E-state index < -0.39 is 5.82 Å². The minimum atomic E-state index is -0.504. The fraction of sp³-hybridized carbons (Fsp3) is 0.545. The minimum absolute atomic E-state index is 0.0477. The predicted molar refractivity (Wildman–Crippen MR) is 110 cm³/mol. The highest BCUT2D eigenvalue weighted by atomic mass is 19.1. The van der Waals surface area contributed by atoms with E-state index in [-0.39, 0.29) is 29.3 Å². The van der Waals surface area contributed by atoms with Gasteiger partial charge < -0.3 is 10.2 Å². The first-order chi connectivity index (χ1) is 13.7. The van der Waals surface area contributed by atoms with Gasteiger partial charge in [-0.3, -0.25) is 9.59 Å². The van der Waals surface area contributed by atoms with Gasteiger partial charge in [-0.15, -0.1) is 0 Å². The Balaban J connectivity index is 1.74. The first-order valence-corrected chi connectivity index (χ1v) is 10.2. The molecule has 1 saturated heterocycles. The molecule has 2 amide bonds. The molecule has 0 aliphatic carbocycles. The van der Waals surface area contributed by atoms with Crippen LogP contribution in [0.25, 0.3) is 11.0 Å². The lowest BCUT2D eigenvalue weighted by molar-refractivity contribution is -0.127. The van der Waals surface area contributed by atoms with Crippen LogP contribution in [0, 0.1) is 31.5 Å². The van der Waals surface area contributed by atoms with Crippen LogP contribution in [0.3, 0.4) is 0 Å². The maximum atomic E-state index is 14.1. The van der Waals surface area contributed by atoms with Crippen molar-refractivity contribution in [3.63, 3.8) is 0 Å². The van der Waals surface area contributed by atoms with Crippen molar-refractivity contribution < 1.29 is 14.0 Å². The summed E-state index contributed by atoms with van der Waals surface area (Å²) in [6.45, 7) is 10.7. The van der Waals surface area contributed by atoms with Gasteiger partial charge in [-0.1, -0.05) is 13.8 Å². The number of carbonyl (C=O) groups excluding carboxylic acids is 2. The van der Waals surface area contributed by atoms with E-state index in [4.69, 9.17) is 0 Å². The Bertz CT molecular complexity index is 936. The van der Waals surface area contributed by atoms with Crippen LogP contribution in [0.15, 0.2) is 12.1 Å². The molecule has 1 N–H and O–H groups in total. The SMILES string of the molecule is Cc1nc2cc(F)cc(C(=O)N3CCC(C(=O)NC(C)C(C)C)CC3)c2nc1C. The van der Waals surface area contributed by atoms with Crippen molar-refractivity contribution in [3.05, 3.63) is 34.9 Å². The summed E-state index contributed by atoms with van der Waals surface area (Å²) in [5.74, 6) is -0.451. The first-order valence-electron chi connectivity index (χ1n) is 10.2. The zero-order chi connectivity index (χ0) is 21.3. The Morgan fingerprint density at radius 1 is 1.10 bits per heavy atom. The third-order valence-electron chi connectivity index (χ3n) is 5.90. The van der Waals surface area contributed by atoms with Crippen LogP contribution in [-0.4, -0.2) is 45.8 Å². The number of hydrogen-bond donors (Lipinski definition) is 1. The molecule has 1 aromatic carbocycles. The summed E-state index contributed by atoms with van der Waals surface area (Å²) >= 11 is 0. The van der Waals surface area contributed by atoms with Gasteiger partial charge in [0, 0.05) is 31.1 Å². The van der Waals surface area contributed by atoms with Gasteiger partial charge in [-0.25, -0.2) is 14.4 Å². The lowest BCUT2D eigenvalue weighted by Gasteiger charge is -2.32. The maximum absolute atomic E-state index is 14.1. The molecule has 7 heteroatoms. The van der Waals surface area contributed by atoms with E-state index in [1.165, 1.54) is 12.1 Å². The number of aryl methyl sites for hydroxylation is 2. The number of nitrogens with zero attached hydrogens (tertiary/aromatic N) is 3. The van der Waals surface area contributed by atoms with Gasteiger partial charge in [0.2, 0.25) is 5.91 Å². The molecule has 29 heavy (non-hydrogen) atoms. The molecule has 1 aliphatic heterocycles. The second kappa shape index (κ2) is 8.43. The van der Waals surface area contributed by atoms with Crippen LogP contribution >= 0.6 is 0 Å². The average molecular weight is 400 g/mol. The zero-order valence-electron chi connectivity index (χ0n) is 17.8. The first kappa shape index (κ1) is 21.1. The topological polar surface area (TPSA) is 75.2 Å². The quantitative estimate of drug-likeness (QED) is 0.854. The number of halogens is 1. The van der Waals surface area contributed by atoms with Crippen LogP contribution < -0.4 is 5.32 Å². The van der Waals surface area contributed by atoms with Crippen molar-refractivity contribution in [2.75, 3.05) is 13.1 Å². The number of rotatable bonds is 4. The van der Waals surface area contributed by atoms with Crippen molar-refractivity contribution >= 4 is 22.8 Å². The number of hydrogen-bond acceptors (Lipinski definition) is 4. The number of piperidine rings is 1. The van der Waals surface area contributed by atoms with Gasteiger partial charge >= 0.3 is 0 Å². The van der Waals surface area contributed by atoms with Crippen LogP contribution in [0.4, 0.5) is 4.39 Å². The molecule has 156 valence electrons. The largest absolute Gasteiger partial charge is 0.353 e. The zero-order valence-corrected chi connectivity index (χ0v) is 17.8. The molecule has 1 unspecified atom stereocenters. The Hall–Kier alpha value is -2.57. The van der Waals surface area contributed by atoms with Crippen molar-refractivity contribution in [2.24, 2.45) is 11.8 Å². The summed E-state index contributed by atoms with van der Waals surface area (Å²) in [7, 11) is 0. The number of amides is 2. The Morgan fingerprint density at radius 2 is 1.72 bits per heavy atom. The monoisotopic (exact) mass is 400 g/mol. The molecule has 6 nitrogen and oxygen atoms in total. The van der Waals surface area contributed by atoms with Crippen LogP contribution in [0.1, 0.15) is 55.4 Å². The van der Waals surface area contributed by atoms with Crippen molar-refractivity contribution in [1.82, 2.24) is 20.2 Å². The molecule has 1 aliphatic rings. The summed E-state index contributed by atoms with van der Waals surface area (Å²) in [5.41, 5.74) is 2.46. The normalized spacial score (nSPS) is 16.3. The molecule has 2 aromatic rings. The fourth-order valence-electron chi connectivity index (χ4n) is 3.48. The summed E-state index contributed by atoms with van der Waals surface area (Å²) in [5, 5.41) is 3.06. The van der Waals surface area contributed by atoms with Gasteiger partial charge in [0.05, 0.1) is 22.5 Å². The molecule has 2 heterocycles. The third-order valence-corrected chi connectivity index (χ3v) is 5.90. The molecule has 1 aromatic heterocycles. The highest BCUT2D eigenvalue weighted by molar-refractivity contribution is 6.04. The minimum Gasteiger partial charge on any atom is -0.353 e. The molecule has 0 saturated carbocycles. The molecule has 0 bridgehead atoms. The summed E-state index contributed by atoms with van der Waals surface area (Å²) in [4.78, 5) is 36.1. The second-order valence-electron chi connectivity index (χ2n) is 8.32. The Kier molecular flexibility index (Phi) is 6.15. The number of benzene rings is 1. The van der Waals surface area contributed by atoms with E-state index in [2.05, 4.69) is 29.1 Å². The van der Waals surface area contributed by atoms with Gasteiger partial charge in [0.15, 0.2) is 0 Å².